The fourth-order valence-corrected chi connectivity index (χ4v) is 3.92. The molecule has 1 N–H and O–H groups in total. The number of nitrogens with zero attached hydrogens (tertiary/aromatic N) is 4. The molecule has 0 saturated carbocycles. The highest BCUT2D eigenvalue weighted by atomic mass is 16.2. The molecule has 0 aromatic heterocycles. The van der Waals surface area contributed by atoms with Crippen molar-refractivity contribution in [1.82, 2.24) is 15.1 Å². The zero-order valence-electron chi connectivity index (χ0n) is 16.9. The van der Waals surface area contributed by atoms with Crippen LogP contribution >= 0.6 is 0 Å². The number of amides is 1. The quantitative estimate of drug-likeness (QED) is 0.650. The summed E-state index contributed by atoms with van der Waals surface area (Å²) in [5.74, 6) is 1.15. The second-order valence-electron chi connectivity index (χ2n) is 8.26. The van der Waals surface area contributed by atoms with E-state index in [4.69, 9.17) is 0 Å². The third kappa shape index (κ3) is 5.15. The molecule has 1 amide bonds. The molecule has 148 valence electrons. The number of aliphatic imine (C=N–C) groups is 1. The van der Waals surface area contributed by atoms with E-state index in [9.17, 15) is 4.79 Å². The number of nitrogens with one attached hydrogen (secondary N) is 1. The first-order chi connectivity index (χ1) is 13.0. The summed E-state index contributed by atoms with van der Waals surface area (Å²) in [6.45, 7) is 10.6. The van der Waals surface area contributed by atoms with Crippen molar-refractivity contribution in [2.45, 2.75) is 26.7 Å². The van der Waals surface area contributed by atoms with Crippen molar-refractivity contribution >= 4 is 17.6 Å². The maximum atomic E-state index is 12.5. The molecular weight excluding hydrogens is 338 g/mol. The Kier molecular flexibility index (Phi) is 6.24. The summed E-state index contributed by atoms with van der Waals surface area (Å²) >= 11 is 0. The number of carbonyl (C=O) groups is 1. The zero-order valence-corrected chi connectivity index (χ0v) is 16.9. The predicted molar refractivity (Wildman–Crippen MR) is 111 cm³/mol. The molecule has 2 heterocycles. The normalized spacial score (nSPS) is 20.1. The van der Waals surface area contributed by atoms with Gasteiger partial charge in [-0.25, -0.2) is 0 Å². The van der Waals surface area contributed by atoms with Gasteiger partial charge in [-0.3, -0.25) is 9.79 Å². The van der Waals surface area contributed by atoms with E-state index in [2.05, 4.69) is 58.2 Å². The van der Waals surface area contributed by atoms with Gasteiger partial charge >= 0.3 is 0 Å². The lowest BCUT2D eigenvalue weighted by molar-refractivity contribution is -0.131. The second kappa shape index (κ2) is 8.63. The van der Waals surface area contributed by atoms with Crippen LogP contribution in [0.5, 0.6) is 0 Å². The van der Waals surface area contributed by atoms with Crippen LogP contribution in [0.1, 0.15) is 26.7 Å². The zero-order chi connectivity index (χ0) is 19.3. The smallest absolute Gasteiger partial charge is 0.224 e. The van der Waals surface area contributed by atoms with Crippen molar-refractivity contribution in [1.29, 1.82) is 0 Å². The average Bonchev–Trinajstić information content (AvgIpc) is 3.05. The van der Waals surface area contributed by atoms with E-state index in [1.165, 1.54) is 12.1 Å². The van der Waals surface area contributed by atoms with E-state index in [0.717, 1.165) is 45.2 Å². The summed E-state index contributed by atoms with van der Waals surface area (Å²) in [6.07, 6.45) is 1.69. The molecule has 1 aromatic rings. The largest absolute Gasteiger partial charge is 0.368 e. The number of benzene rings is 1. The minimum Gasteiger partial charge on any atom is -0.368 e. The minimum atomic E-state index is 0.229. The summed E-state index contributed by atoms with van der Waals surface area (Å²) in [6, 6.07) is 10.4. The summed E-state index contributed by atoms with van der Waals surface area (Å²) in [5.41, 5.74) is 1.58. The third-order valence-corrected chi connectivity index (χ3v) is 5.56. The molecule has 6 heteroatoms. The van der Waals surface area contributed by atoms with Crippen LogP contribution in [-0.2, 0) is 4.79 Å². The second-order valence-corrected chi connectivity index (χ2v) is 8.26. The van der Waals surface area contributed by atoms with Crippen molar-refractivity contribution in [3.8, 4) is 0 Å². The van der Waals surface area contributed by atoms with Crippen LogP contribution in [0.2, 0.25) is 0 Å². The van der Waals surface area contributed by atoms with Crippen molar-refractivity contribution in [2.24, 2.45) is 10.4 Å². The lowest BCUT2D eigenvalue weighted by Gasteiger charge is -2.36. The van der Waals surface area contributed by atoms with Gasteiger partial charge < -0.3 is 20.0 Å². The molecule has 0 radical (unpaired) electrons. The summed E-state index contributed by atoms with van der Waals surface area (Å²) in [7, 11) is 1.82. The Balaban J connectivity index is 1.40. The van der Waals surface area contributed by atoms with Gasteiger partial charge in [-0.15, -0.1) is 0 Å². The van der Waals surface area contributed by atoms with E-state index in [0.29, 0.717) is 18.4 Å². The van der Waals surface area contributed by atoms with Crippen LogP contribution < -0.4 is 10.2 Å². The summed E-state index contributed by atoms with van der Waals surface area (Å²) in [4.78, 5) is 23.6. The van der Waals surface area contributed by atoms with Crippen LogP contribution in [-0.4, -0.2) is 74.5 Å². The van der Waals surface area contributed by atoms with Crippen molar-refractivity contribution < 1.29 is 4.79 Å². The number of hydrogen-bond donors (Lipinski definition) is 1. The van der Waals surface area contributed by atoms with Crippen molar-refractivity contribution in [3.63, 3.8) is 0 Å². The number of guanidine groups is 1. The van der Waals surface area contributed by atoms with Gasteiger partial charge in [0.2, 0.25) is 5.91 Å². The molecule has 2 aliphatic rings. The molecular formula is C21H33N5O. The number of carbonyl (C=O) groups excluding carboxylic acids is 1. The molecule has 6 nitrogen and oxygen atoms in total. The highest BCUT2D eigenvalue weighted by Crippen LogP contribution is 2.28. The average molecular weight is 372 g/mol. The number of hydrogen-bond acceptors (Lipinski definition) is 3. The Morgan fingerprint density at radius 2 is 1.78 bits per heavy atom. The molecule has 0 unspecified atom stereocenters. The molecule has 0 spiro atoms. The lowest BCUT2D eigenvalue weighted by Crippen LogP contribution is -2.49. The van der Waals surface area contributed by atoms with Gasteiger partial charge in [0.05, 0.1) is 0 Å². The molecule has 27 heavy (non-hydrogen) atoms. The fraction of sp³-hybridized carbons (Fsp3) is 0.619. The van der Waals surface area contributed by atoms with Gasteiger partial charge in [-0.1, -0.05) is 32.0 Å². The molecule has 2 fully saturated rings. The Morgan fingerprint density at radius 1 is 1.07 bits per heavy atom. The summed E-state index contributed by atoms with van der Waals surface area (Å²) < 4.78 is 0. The number of likely N-dealkylation sites (tertiary alicyclic amines) is 1. The van der Waals surface area contributed by atoms with E-state index in [1.54, 1.807) is 0 Å². The standard InChI is InChI=1S/C21H33N5O/c1-21(2)10-12-26(17-21)20(22-3)23-11-9-19(27)25-15-13-24(14-16-25)18-7-5-4-6-8-18/h4-8H,9-17H2,1-3H3,(H,22,23). The molecule has 2 saturated heterocycles. The van der Waals surface area contributed by atoms with Crippen LogP contribution in [0.25, 0.3) is 0 Å². The Bertz CT molecular complexity index is 650. The van der Waals surface area contributed by atoms with E-state index >= 15 is 0 Å². The Hall–Kier alpha value is -2.24. The van der Waals surface area contributed by atoms with Gasteiger partial charge in [0.1, 0.15) is 0 Å². The topological polar surface area (TPSA) is 51.2 Å². The Morgan fingerprint density at radius 3 is 2.37 bits per heavy atom. The number of piperazine rings is 1. The predicted octanol–water partition coefficient (Wildman–Crippen LogP) is 2.03. The first-order valence-corrected chi connectivity index (χ1v) is 10.0. The number of para-hydroxylation sites is 1. The van der Waals surface area contributed by atoms with E-state index in [1.807, 2.05) is 18.0 Å². The lowest BCUT2D eigenvalue weighted by atomic mass is 9.93. The maximum absolute atomic E-state index is 12.5. The van der Waals surface area contributed by atoms with Crippen molar-refractivity contribution in [2.75, 3.05) is 57.8 Å². The van der Waals surface area contributed by atoms with Gasteiger partial charge in [0.25, 0.3) is 0 Å². The number of anilines is 1. The van der Waals surface area contributed by atoms with Gasteiger partial charge in [-0.2, -0.15) is 0 Å². The van der Waals surface area contributed by atoms with Crippen LogP contribution in [0.3, 0.4) is 0 Å². The fourth-order valence-electron chi connectivity index (χ4n) is 3.92. The molecule has 3 rings (SSSR count). The SMILES string of the molecule is CN=C(NCCC(=O)N1CCN(c2ccccc2)CC1)N1CCC(C)(C)C1. The molecule has 0 bridgehead atoms. The van der Waals surface area contributed by atoms with Gasteiger partial charge in [0, 0.05) is 65.0 Å². The van der Waals surface area contributed by atoms with Crippen LogP contribution in [0.4, 0.5) is 5.69 Å². The maximum Gasteiger partial charge on any atom is 0.224 e. The van der Waals surface area contributed by atoms with E-state index in [-0.39, 0.29) is 5.91 Å². The Labute approximate surface area is 163 Å². The number of rotatable bonds is 4. The monoisotopic (exact) mass is 371 g/mol. The highest BCUT2D eigenvalue weighted by Gasteiger charge is 2.31. The summed E-state index contributed by atoms with van der Waals surface area (Å²) in [5, 5.41) is 3.37. The third-order valence-electron chi connectivity index (χ3n) is 5.56. The van der Waals surface area contributed by atoms with Gasteiger partial charge in [-0.05, 0) is 24.0 Å². The van der Waals surface area contributed by atoms with Crippen LogP contribution in [0, 0.1) is 5.41 Å². The van der Waals surface area contributed by atoms with Gasteiger partial charge in [0.15, 0.2) is 5.96 Å². The first-order valence-electron chi connectivity index (χ1n) is 10.0. The molecule has 0 aliphatic carbocycles. The molecule has 0 atom stereocenters. The highest BCUT2D eigenvalue weighted by molar-refractivity contribution is 5.81. The minimum absolute atomic E-state index is 0.229. The molecule has 2 aliphatic heterocycles. The first kappa shape index (κ1) is 19.5. The van der Waals surface area contributed by atoms with Crippen molar-refractivity contribution in [3.05, 3.63) is 30.3 Å². The van der Waals surface area contributed by atoms with Crippen LogP contribution in [0.15, 0.2) is 35.3 Å². The molecule has 1 aromatic carbocycles. The van der Waals surface area contributed by atoms with E-state index < -0.39 is 0 Å².